The maximum absolute atomic E-state index is 5.95. The fourth-order valence-electron chi connectivity index (χ4n) is 3.38. The lowest BCUT2D eigenvalue weighted by atomic mass is 9.91. The predicted octanol–water partition coefficient (Wildman–Crippen LogP) is 0.811. The molecule has 8 heteroatoms. The second kappa shape index (κ2) is 7.57. The van der Waals surface area contributed by atoms with Crippen LogP contribution in [0.2, 0.25) is 0 Å². The van der Waals surface area contributed by atoms with Crippen LogP contribution in [-0.4, -0.2) is 66.9 Å². The summed E-state index contributed by atoms with van der Waals surface area (Å²) in [6.07, 6.45) is 6.95. The monoisotopic (exact) mass is 331 g/mol. The summed E-state index contributed by atoms with van der Waals surface area (Å²) < 4.78 is 0. The van der Waals surface area contributed by atoms with Gasteiger partial charge in [-0.25, -0.2) is 15.0 Å². The molecule has 1 aromatic rings. The molecule has 24 heavy (non-hydrogen) atoms. The van der Waals surface area contributed by atoms with E-state index in [9.17, 15) is 0 Å². The molecule has 2 saturated heterocycles. The maximum atomic E-state index is 5.95. The highest BCUT2D eigenvalue weighted by molar-refractivity contribution is 5.73. The van der Waals surface area contributed by atoms with Crippen LogP contribution in [0, 0.1) is 0 Å². The molecule has 1 unspecified atom stereocenters. The van der Waals surface area contributed by atoms with Gasteiger partial charge in [-0.2, -0.15) is 0 Å². The van der Waals surface area contributed by atoms with Crippen molar-refractivity contribution < 1.29 is 4.84 Å². The number of oxime groups is 1. The molecule has 0 aromatic carbocycles. The fourth-order valence-corrected chi connectivity index (χ4v) is 3.38. The Labute approximate surface area is 142 Å². The lowest BCUT2D eigenvalue weighted by Crippen LogP contribution is -2.38. The summed E-state index contributed by atoms with van der Waals surface area (Å²) in [5, 5.41) is 3.46. The minimum Gasteiger partial charge on any atom is -0.339 e. The summed E-state index contributed by atoms with van der Waals surface area (Å²) in [6.45, 7) is 6.87. The first-order valence-electron chi connectivity index (χ1n) is 8.38. The molecule has 0 spiro atoms. The van der Waals surface area contributed by atoms with E-state index in [4.69, 9.17) is 10.6 Å². The van der Waals surface area contributed by atoms with E-state index < -0.39 is 0 Å². The summed E-state index contributed by atoms with van der Waals surface area (Å²) in [5.74, 6) is 1.25. The van der Waals surface area contributed by atoms with Crippen molar-refractivity contribution in [2.24, 2.45) is 15.9 Å². The minimum atomic E-state index is 0.235. The molecule has 2 fully saturated rings. The molecule has 3 heterocycles. The van der Waals surface area contributed by atoms with Gasteiger partial charge in [0.25, 0.3) is 0 Å². The smallest absolute Gasteiger partial charge is 0.317 e. The summed E-state index contributed by atoms with van der Waals surface area (Å²) in [7, 11) is 1.70. The fraction of sp³-hybridized carbons (Fsp3) is 0.625. The Morgan fingerprint density at radius 1 is 1.25 bits per heavy atom. The van der Waals surface area contributed by atoms with Crippen LogP contribution in [0.4, 0.5) is 5.95 Å². The van der Waals surface area contributed by atoms with Crippen molar-refractivity contribution in [1.82, 2.24) is 14.9 Å². The molecule has 0 saturated carbocycles. The Kier molecular flexibility index (Phi) is 5.24. The molecule has 130 valence electrons. The number of amidine groups is 1. The van der Waals surface area contributed by atoms with Gasteiger partial charge in [0.2, 0.25) is 5.95 Å². The Balaban J connectivity index is 1.57. The van der Waals surface area contributed by atoms with E-state index in [0.29, 0.717) is 11.9 Å². The molecule has 0 aliphatic carbocycles. The average molecular weight is 331 g/mol. The normalized spacial score (nSPS) is 22.8. The van der Waals surface area contributed by atoms with Gasteiger partial charge in [0.05, 0.1) is 0 Å². The van der Waals surface area contributed by atoms with Crippen LogP contribution in [0.3, 0.4) is 0 Å². The average Bonchev–Trinajstić information content (AvgIpc) is 3.06. The third-order valence-electron chi connectivity index (χ3n) is 4.74. The quantitative estimate of drug-likeness (QED) is 0.501. The molecular weight excluding hydrogens is 306 g/mol. The Morgan fingerprint density at radius 2 is 1.96 bits per heavy atom. The lowest BCUT2D eigenvalue weighted by Gasteiger charge is -2.32. The molecule has 2 aliphatic heterocycles. The molecule has 2 aliphatic rings. The van der Waals surface area contributed by atoms with Crippen LogP contribution >= 0.6 is 0 Å². The van der Waals surface area contributed by atoms with E-state index in [-0.39, 0.29) is 6.04 Å². The largest absolute Gasteiger partial charge is 0.339 e. The summed E-state index contributed by atoms with van der Waals surface area (Å²) in [6, 6.07) is 0.764. The second-order valence-electron chi connectivity index (χ2n) is 6.30. The summed E-state index contributed by atoms with van der Waals surface area (Å²) in [4.78, 5) is 22.5. The van der Waals surface area contributed by atoms with Crippen molar-refractivity contribution in [2.75, 3.05) is 38.1 Å². The predicted molar refractivity (Wildman–Crippen MR) is 94.4 cm³/mol. The number of aromatic nitrogens is 2. The highest BCUT2D eigenvalue weighted by Crippen LogP contribution is 2.28. The molecule has 1 aromatic heterocycles. The Morgan fingerprint density at radius 3 is 2.50 bits per heavy atom. The number of nitrogens with zero attached hydrogens (tertiary/aromatic N) is 6. The van der Waals surface area contributed by atoms with Crippen LogP contribution in [0.25, 0.3) is 0 Å². The number of hydrogen-bond donors (Lipinski definition) is 1. The van der Waals surface area contributed by atoms with E-state index in [0.717, 1.165) is 51.4 Å². The zero-order valence-corrected chi connectivity index (χ0v) is 14.1. The van der Waals surface area contributed by atoms with Crippen molar-refractivity contribution >= 4 is 18.7 Å². The van der Waals surface area contributed by atoms with E-state index in [1.165, 1.54) is 5.56 Å². The van der Waals surface area contributed by atoms with Gasteiger partial charge in [-0.05, 0) is 30.7 Å². The molecule has 2 N–H and O–H groups in total. The van der Waals surface area contributed by atoms with Crippen LogP contribution < -0.4 is 10.6 Å². The van der Waals surface area contributed by atoms with Gasteiger partial charge in [-0.1, -0.05) is 5.16 Å². The maximum Gasteiger partial charge on any atom is 0.317 e. The number of anilines is 1. The van der Waals surface area contributed by atoms with Crippen LogP contribution in [0.5, 0.6) is 0 Å². The third-order valence-corrected chi connectivity index (χ3v) is 4.74. The van der Waals surface area contributed by atoms with E-state index in [2.05, 4.69) is 36.6 Å². The first-order chi connectivity index (χ1) is 11.7. The van der Waals surface area contributed by atoms with Gasteiger partial charge in [-0.15, -0.1) is 0 Å². The SMILES string of the molecule is C=NOC(=NC)N1CCC(c2cnc(N3CCC(N)C3)nc2)CC1. The first kappa shape index (κ1) is 16.6. The zero-order valence-electron chi connectivity index (χ0n) is 14.1. The summed E-state index contributed by atoms with van der Waals surface area (Å²) >= 11 is 0. The summed E-state index contributed by atoms with van der Waals surface area (Å²) in [5.41, 5.74) is 7.14. The molecule has 8 nitrogen and oxygen atoms in total. The van der Waals surface area contributed by atoms with Crippen molar-refractivity contribution in [3.05, 3.63) is 18.0 Å². The molecule has 0 bridgehead atoms. The Bertz CT molecular complexity index is 581. The number of aliphatic imine (C=N–C) groups is 1. The van der Waals surface area contributed by atoms with Gasteiger partial charge in [0.1, 0.15) is 0 Å². The lowest BCUT2D eigenvalue weighted by molar-refractivity contribution is 0.213. The number of nitrogens with two attached hydrogens (primary N) is 1. The number of likely N-dealkylation sites (tertiary alicyclic amines) is 1. The van der Waals surface area contributed by atoms with Gasteiger partial charge >= 0.3 is 6.02 Å². The van der Waals surface area contributed by atoms with Crippen LogP contribution in [0.1, 0.15) is 30.7 Å². The van der Waals surface area contributed by atoms with Crippen LogP contribution in [0.15, 0.2) is 22.5 Å². The second-order valence-corrected chi connectivity index (χ2v) is 6.30. The van der Waals surface area contributed by atoms with Crippen LogP contribution in [-0.2, 0) is 4.84 Å². The number of hydrogen-bond acceptors (Lipinski definition) is 7. The zero-order chi connectivity index (χ0) is 16.9. The highest BCUT2D eigenvalue weighted by atomic mass is 16.6. The topological polar surface area (TPSA) is 92.2 Å². The number of rotatable bonds is 3. The van der Waals surface area contributed by atoms with E-state index in [1.54, 1.807) is 7.05 Å². The van der Waals surface area contributed by atoms with Crippen molar-refractivity contribution in [1.29, 1.82) is 0 Å². The van der Waals surface area contributed by atoms with Gasteiger partial charge < -0.3 is 20.4 Å². The number of piperidine rings is 1. The minimum absolute atomic E-state index is 0.235. The molecular formula is C16H25N7O. The Hall–Kier alpha value is -2.22. The molecule has 0 amide bonds. The van der Waals surface area contributed by atoms with E-state index >= 15 is 0 Å². The van der Waals surface area contributed by atoms with Crippen molar-refractivity contribution in [3.63, 3.8) is 0 Å². The molecule has 1 atom stereocenters. The van der Waals surface area contributed by atoms with Crippen molar-refractivity contribution in [2.45, 2.75) is 31.2 Å². The third kappa shape index (κ3) is 3.64. The van der Waals surface area contributed by atoms with Gasteiger partial charge in [-0.3, -0.25) is 0 Å². The first-order valence-corrected chi connectivity index (χ1v) is 8.38. The van der Waals surface area contributed by atoms with E-state index in [1.807, 2.05) is 12.4 Å². The van der Waals surface area contributed by atoms with Gasteiger partial charge in [0.15, 0.2) is 0 Å². The molecule has 3 rings (SSSR count). The molecule has 0 radical (unpaired) electrons. The van der Waals surface area contributed by atoms with Crippen molar-refractivity contribution in [3.8, 4) is 0 Å². The standard InChI is InChI=1S/C16H25N7O/c1-18-16(24-19-2)22-6-3-12(4-7-22)13-9-20-15(21-10-13)23-8-5-14(17)11-23/h9-10,12,14H,2-8,11,17H2,1H3. The highest BCUT2D eigenvalue weighted by Gasteiger charge is 2.25. The van der Waals surface area contributed by atoms with Gasteiger partial charge in [0, 0.05) is 58.4 Å².